The summed E-state index contributed by atoms with van der Waals surface area (Å²) in [5.74, 6) is -0.790. The molecular formula is C12H9F2N3. The molecule has 0 saturated heterocycles. The van der Waals surface area contributed by atoms with Crippen LogP contribution in [-0.4, -0.2) is 0 Å². The average molecular weight is 233 g/mol. The summed E-state index contributed by atoms with van der Waals surface area (Å²) in [6.45, 7) is 0. The summed E-state index contributed by atoms with van der Waals surface area (Å²) in [7, 11) is 0. The number of anilines is 1. The summed E-state index contributed by atoms with van der Waals surface area (Å²) in [5, 5.41) is 7.64. The Morgan fingerprint density at radius 2 is 1.47 bits per heavy atom. The van der Waals surface area contributed by atoms with E-state index in [0.29, 0.717) is 11.4 Å². The van der Waals surface area contributed by atoms with Crippen LogP contribution in [-0.2, 0) is 0 Å². The molecular weight excluding hydrogens is 224 g/mol. The Kier molecular flexibility index (Phi) is 3.09. The van der Waals surface area contributed by atoms with Crippen molar-refractivity contribution in [3.63, 3.8) is 0 Å². The molecule has 0 radical (unpaired) electrons. The first-order chi connectivity index (χ1) is 8.15. The molecule has 0 aliphatic rings. The highest BCUT2D eigenvalue weighted by Crippen LogP contribution is 2.25. The lowest BCUT2D eigenvalue weighted by molar-refractivity contribution is 0.628. The zero-order valence-electron chi connectivity index (χ0n) is 8.77. The van der Waals surface area contributed by atoms with Gasteiger partial charge in [-0.2, -0.15) is 5.11 Å². The largest absolute Gasteiger partial charge is 0.397 e. The molecule has 17 heavy (non-hydrogen) atoms. The van der Waals surface area contributed by atoms with Crippen molar-refractivity contribution in [3.8, 4) is 0 Å². The van der Waals surface area contributed by atoms with E-state index in [1.165, 1.54) is 42.5 Å². The first kappa shape index (κ1) is 11.2. The van der Waals surface area contributed by atoms with Crippen molar-refractivity contribution in [2.45, 2.75) is 0 Å². The monoisotopic (exact) mass is 233 g/mol. The van der Waals surface area contributed by atoms with Crippen molar-refractivity contribution in [1.29, 1.82) is 0 Å². The molecule has 0 aromatic heterocycles. The van der Waals surface area contributed by atoms with E-state index >= 15 is 0 Å². The van der Waals surface area contributed by atoms with Crippen LogP contribution >= 0.6 is 0 Å². The second kappa shape index (κ2) is 4.69. The third kappa shape index (κ3) is 2.84. The summed E-state index contributed by atoms with van der Waals surface area (Å²) in [6.07, 6.45) is 0. The van der Waals surface area contributed by atoms with Gasteiger partial charge in [0.05, 0.1) is 11.4 Å². The molecule has 0 aliphatic carbocycles. The van der Waals surface area contributed by atoms with Crippen LogP contribution in [0.2, 0.25) is 0 Å². The topological polar surface area (TPSA) is 50.7 Å². The SMILES string of the molecule is Nc1ccc(F)cc1N=Nc1ccc(F)cc1. The van der Waals surface area contributed by atoms with Gasteiger partial charge >= 0.3 is 0 Å². The molecule has 5 heteroatoms. The molecule has 2 rings (SSSR count). The Morgan fingerprint density at radius 1 is 0.824 bits per heavy atom. The molecule has 0 unspecified atom stereocenters. The Morgan fingerprint density at radius 3 is 2.18 bits per heavy atom. The van der Waals surface area contributed by atoms with Gasteiger partial charge in [0.1, 0.15) is 17.3 Å². The van der Waals surface area contributed by atoms with Crippen LogP contribution in [0.25, 0.3) is 0 Å². The number of hydrogen-bond acceptors (Lipinski definition) is 3. The number of azo groups is 1. The lowest BCUT2D eigenvalue weighted by Gasteiger charge is -1.98. The highest BCUT2D eigenvalue weighted by Gasteiger charge is 1.99. The minimum absolute atomic E-state index is 0.245. The molecule has 0 saturated carbocycles. The average Bonchev–Trinajstić information content (AvgIpc) is 2.32. The highest BCUT2D eigenvalue weighted by atomic mass is 19.1. The van der Waals surface area contributed by atoms with Gasteiger partial charge in [-0.05, 0) is 36.4 Å². The molecule has 86 valence electrons. The van der Waals surface area contributed by atoms with E-state index in [1.54, 1.807) is 0 Å². The van der Waals surface area contributed by atoms with Crippen molar-refractivity contribution in [2.75, 3.05) is 5.73 Å². The minimum Gasteiger partial charge on any atom is -0.397 e. The lowest BCUT2D eigenvalue weighted by atomic mass is 10.3. The predicted octanol–water partition coefficient (Wildman–Crippen LogP) is 3.96. The maximum atomic E-state index is 12.9. The predicted molar refractivity (Wildman–Crippen MR) is 61.4 cm³/mol. The van der Waals surface area contributed by atoms with E-state index in [0.717, 1.165) is 0 Å². The van der Waals surface area contributed by atoms with Crippen molar-refractivity contribution < 1.29 is 8.78 Å². The van der Waals surface area contributed by atoms with E-state index in [-0.39, 0.29) is 11.5 Å². The second-order valence-corrected chi connectivity index (χ2v) is 3.38. The van der Waals surface area contributed by atoms with Crippen LogP contribution in [0.1, 0.15) is 0 Å². The Labute approximate surface area is 96.6 Å². The Hall–Kier alpha value is -2.30. The van der Waals surface area contributed by atoms with E-state index in [2.05, 4.69) is 10.2 Å². The van der Waals surface area contributed by atoms with Gasteiger partial charge in [0.2, 0.25) is 0 Å². The number of nitrogens with zero attached hydrogens (tertiary/aromatic N) is 2. The van der Waals surface area contributed by atoms with Crippen LogP contribution in [0.15, 0.2) is 52.7 Å². The van der Waals surface area contributed by atoms with Gasteiger partial charge in [-0.3, -0.25) is 0 Å². The zero-order chi connectivity index (χ0) is 12.3. The second-order valence-electron chi connectivity index (χ2n) is 3.38. The van der Waals surface area contributed by atoms with Crippen molar-refractivity contribution in [3.05, 3.63) is 54.1 Å². The number of hydrogen-bond donors (Lipinski definition) is 1. The van der Waals surface area contributed by atoms with Crippen LogP contribution in [0.5, 0.6) is 0 Å². The van der Waals surface area contributed by atoms with Gasteiger partial charge in [-0.25, -0.2) is 8.78 Å². The number of nitrogen functional groups attached to an aromatic ring is 1. The number of nitrogens with two attached hydrogens (primary N) is 1. The maximum Gasteiger partial charge on any atom is 0.125 e. The Bertz CT molecular complexity index is 550. The van der Waals surface area contributed by atoms with Gasteiger partial charge in [-0.1, -0.05) is 0 Å². The number of rotatable bonds is 2. The first-order valence-corrected chi connectivity index (χ1v) is 4.87. The van der Waals surface area contributed by atoms with Crippen molar-refractivity contribution in [1.82, 2.24) is 0 Å². The van der Waals surface area contributed by atoms with E-state index in [1.807, 2.05) is 0 Å². The van der Waals surface area contributed by atoms with Crippen LogP contribution in [0.4, 0.5) is 25.8 Å². The third-order valence-electron chi connectivity index (χ3n) is 2.09. The molecule has 0 fully saturated rings. The first-order valence-electron chi connectivity index (χ1n) is 4.87. The summed E-state index contributed by atoms with van der Waals surface area (Å²) in [6, 6.07) is 9.30. The minimum atomic E-state index is -0.438. The molecule has 0 heterocycles. The van der Waals surface area contributed by atoms with E-state index < -0.39 is 5.82 Å². The zero-order valence-corrected chi connectivity index (χ0v) is 8.77. The fraction of sp³-hybridized carbons (Fsp3) is 0. The van der Waals surface area contributed by atoms with E-state index in [4.69, 9.17) is 5.73 Å². The van der Waals surface area contributed by atoms with Gasteiger partial charge < -0.3 is 5.73 Å². The molecule has 2 aromatic rings. The van der Waals surface area contributed by atoms with Crippen LogP contribution in [0, 0.1) is 11.6 Å². The highest BCUT2D eigenvalue weighted by molar-refractivity contribution is 5.61. The van der Waals surface area contributed by atoms with Crippen molar-refractivity contribution in [2.24, 2.45) is 10.2 Å². The fourth-order valence-corrected chi connectivity index (χ4v) is 1.22. The summed E-state index contributed by atoms with van der Waals surface area (Å²) in [5.41, 5.74) is 6.64. The van der Waals surface area contributed by atoms with Gasteiger partial charge in [-0.15, -0.1) is 5.11 Å². The number of halogens is 2. The molecule has 0 amide bonds. The molecule has 0 aliphatic heterocycles. The van der Waals surface area contributed by atoms with E-state index in [9.17, 15) is 8.78 Å². The lowest BCUT2D eigenvalue weighted by Crippen LogP contribution is -1.85. The summed E-state index contributed by atoms with van der Waals surface area (Å²) < 4.78 is 25.5. The quantitative estimate of drug-likeness (QED) is 0.619. The third-order valence-corrected chi connectivity index (χ3v) is 2.09. The summed E-state index contributed by atoms with van der Waals surface area (Å²) >= 11 is 0. The Balaban J connectivity index is 2.25. The van der Waals surface area contributed by atoms with Gasteiger partial charge in [0, 0.05) is 6.07 Å². The van der Waals surface area contributed by atoms with Gasteiger partial charge in [0.25, 0.3) is 0 Å². The van der Waals surface area contributed by atoms with Gasteiger partial charge in [0.15, 0.2) is 0 Å². The summed E-state index contributed by atoms with van der Waals surface area (Å²) in [4.78, 5) is 0. The van der Waals surface area contributed by atoms with Crippen molar-refractivity contribution >= 4 is 17.1 Å². The molecule has 0 atom stereocenters. The molecule has 2 aromatic carbocycles. The molecule has 0 spiro atoms. The standard InChI is InChI=1S/C12H9F2N3/c13-8-1-4-10(5-2-8)16-17-12-7-9(14)3-6-11(12)15/h1-7H,15H2. The maximum absolute atomic E-state index is 12.9. The molecule has 3 nitrogen and oxygen atoms in total. The molecule has 0 bridgehead atoms. The smallest absolute Gasteiger partial charge is 0.125 e. The van der Waals surface area contributed by atoms with Crippen LogP contribution < -0.4 is 5.73 Å². The normalized spacial score (nSPS) is 10.9. The van der Waals surface area contributed by atoms with Crippen LogP contribution in [0.3, 0.4) is 0 Å². The molecule has 2 N–H and O–H groups in total. The fourth-order valence-electron chi connectivity index (χ4n) is 1.22. The number of benzene rings is 2.